The number of ether oxygens (including phenoxy) is 1. The summed E-state index contributed by atoms with van der Waals surface area (Å²) in [6, 6.07) is 7.98. The van der Waals surface area contributed by atoms with Crippen molar-refractivity contribution in [3.05, 3.63) is 29.8 Å². The van der Waals surface area contributed by atoms with Crippen molar-refractivity contribution < 1.29 is 18.3 Å². The SMILES string of the molecule is [Cl][Ru]([Cl])=[CH]c1ccccc1OC1CCCC1. The molecule has 1 aliphatic carbocycles. The van der Waals surface area contributed by atoms with Gasteiger partial charge in [-0.1, -0.05) is 0 Å². The van der Waals surface area contributed by atoms with Crippen molar-refractivity contribution in [1.82, 2.24) is 0 Å². The normalized spacial score (nSPS) is 17.2. The number of hydrogen-bond acceptors (Lipinski definition) is 1. The van der Waals surface area contributed by atoms with Crippen molar-refractivity contribution in [3.8, 4) is 5.75 Å². The van der Waals surface area contributed by atoms with E-state index in [9.17, 15) is 0 Å². The molecule has 0 bridgehead atoms. The predicted molar refractivity (Wildman–Crippen MR) is 66.2 cm³/mol. The molecule has 1 aromatic carbocycles. The van der Waals surface area contributed by atoms with E-state index >= 15 is 0 Å². The maximum absolute atomic E-state index is 5.98. The summed E-state index contributed by atoms with van der Waals surface area (Å²) < 4.78 is 7.92. The van der Waals surface area contributed by atoms with E-state index in [4.69, 9.17) is 24.1 Å². The van der Waals surface area contributed by atoms with Crippen molar-refractivity contribution in [2.75, 3.05) is 0 Å². The van der Waals surface area contributed by atoms with Crippen molar-refractivity contribution in [3.63, 3.8) is 0 Å². The van der Waals surface area contributed by atoms with Crippen molar-refractivity contribution in [2.24, 2.45) is 0 Å². The molecule has 0 heterocycles. The Morgan fingerprint density at radius 1 is 1.19 bits per heavy atom. The minimum atomic E-state index is -1.77. The Morgan fingerprint density at radius 3 is 2.56 bits per heavy atom. The first-order chi connectivity index (χ1) is 7.75. The second-order valence-electron chi connectivity index (χ2n) is 3.87. The first kappa shape index (κ1) is 12.5. The summed E-state index contributed by atoms with van der Waals surface area (Å²) in [5, 5.41) is 0. The number of rotatable bonds is 3. The molecule has 1 saturated carbocycles. The summed E-state index contributed by atoms with van der Waals surface area (Å²) >= 11 is -1.77. The van der Waals surface area contributed by atoms with Gasteiger partial charge >= 0.3 is 110 Å². The van der Waals surface area contributed by atoms with Crippen LogP contribution in [-0.4, -0.2) is 10.7 Å². The zero-order valence-corrected chi connectivity index (χ0v) is 12.1. The molecule has 0 aromatic heterocycles. The van der Waals surface area contributed by atoms with Gasteiger partial charge in [-0.25, -0.2) is 0 Å². The Bertz CT molecular complexity index is 382. The van der Waals surface area contributed by atoms with E-state index in [1.165, 1.54) is 12.8 Å². The van der Waals surface area contributed by atoms with Gasteiger partial charge in [0.1, 0.15) is 0 Å². The Labute approximate surface area is 109 Å². The fourth-order valence-corrected chi connectivity index (χ4v) is 3.75. The van der Waals surface area contributed by atoms with Gasteiger partial charge in [0.2, 0.25) is 0 Å². The molecule has 0 amide bonds. The summed E-state index contributed by atoms with van der Waals surface area (Å²) in [5.74, 6) is 0.925. The van der Waals surface area contributed by atoms with E-state index in [-0.39, 0.29) is 0 Å². The molecule has 0 N–H and O–H groups in total. The molecule has 90 valence electrons. The van der Waals surface area contributed by atoms with Crippen LogP contribution in [0, 0.1) is 0 Å². The fourth-order valence-electron chi connectivity index (χ4n) is 1.94. The molecular formula is C12H14Cl2ORu. The van der Waals surface area contributed by atoms with E-state index in [2.05, 4.69) is 0 Å². The molecule has 2 rings (SSSR count). The average molecular weight is 346 g/mol. The number of hydrogen-bond donors (Lipinski definition) is 0. The average Bonchev–Trinajstić information content (AvgIpc) is 2.73. The van der Waals surface area contributed by atoms with E-state index in [1.54, 1.807) is 0 Å². The standard InChI is InChI=1S/C12H14O.2ClH.Ru/c1-10-6-2-5-9-12(10)13-11-7-3-4-8-11;;;/h1-2,5-6,9,11H,3-4,7-8H2;2*1H;/q;;;+2/p-2. The summed E-state index contributed by atoms with van der Waals surface area (Å²) in [5.41, 5.74) is 1.04. The first-order valence-corrected chi connectivity index (χ1v) is 10.8. The molecule has 0 spiro atoms. The van der Waals surface area contributed by atoms with E-state index in [0.29, 0.717) is 6.10 Å². The minimum absolute atomic E-state index is 0.376. The molecule has 0 unspecified atom stereocenters. The van der Waals surface area contributed by atoms with Gasteiger partial charge in [0.25, 0.3) is 0 Å². The van der Waals surface area contributed by atoms with E-state index in [0.717, 1.165) is 24.2 Å². The van der Waals surface area contributed by atoms with Crippen molar-refractivity contribution in [2.45, 2.75) is 31.8 Å². The van der Waals surface area contributed by atoms with Gasteiger partial charge in [-0.15, -0.1) is 0 Å². The first-order valence-electron chi connectivity index (χ1n) is 5.34. The maximum atomic E-state index is 5.98. The molecule has 1 fully saturated rings. The van der Waals surface area contributed by atoms with Crippen LogP contribution in [0.2, 0.25) is 0 Å². The molecule has 0 saturated heterocycles. The molecule has 1 nitrogen and oxygen atoms in total. The van der Waals surface area contributed by atoms with Crippen molar-refractivity contribution in [1.29, 1.82) is 0 Å². The number of halogens is 2. The Morgan fingerprint density at radius 2 is 1.88 bits per heavy atom. The quantitative estimate of drug-likeness (QED) is 0.750. The monoisotopic (exact) mass is 346 g/mol. The third-order valence-electron chi connectivity index (χ3n) is 2.70. The second kappa shape index (κ2) is 6.14. The topological polar surface area (TPSA) is 9.23 Å². The van der Waals surface area contributed by atoms with Gasteiger partial charge in [0.05, 0.1) is 0 Å². The molecule has 1 aromatic rings. The number of benzene rings is 1. The zero-order valence-electron chi connectivity index (χ0n) is 8.81. The third-order valence-corrected chi connectivity index (χ3v) is 4.53. The molecule has 0 aliphatic heterocycles. The van der Waals surface area contributed by atoms with Gasteiger partial charge in [-0.2, -0.15) is 0 Å². The van der Waals surface area contributed by atoms with Crippen LogP contribution in [0.15, 0.2) is 24.3 Å². The van der Waals surface area contributed by atoms with Gasteiger partial charge in [-0.3, -0.25) is 0 Å². The third kappa shape index (κ3) is 3.55. The fraction of sp³-hybridized carbons (Fsp3) is 0.417. The molecular weight excluding hydrogens is 332 g/mol. The van der Waals surface area contributed by atoms with Gasteiger partial charge in [0.15, 0.2) is 0 Å². The summed E-state index contributed by atoms with van der Waals surface area (Å²) in [6.07, 6.45) is 5.26. The molecule has 0 radical (unpaired) electrons. The van der Waals surface area contributed by atoms with Crippen LogP contribution in [0.4, 0.5) is 0 Å². The second-order valence-corrected chi connectivity index (χ2v) is 9.59. The van der Waals surface area contributed by atoms with Crippen LogP contribution >= 0.6 is 19.4 Å². The molecule has 0 atom stereocenters. The Kier molecular flexibility index (Phi) is 4.82. The van der Waals surface area contributed by atoms with Crippen LogP contribution in [0.25, 0.3) is 0 Å². The molecule has 16 heavy (non-hydrogen) atoms. The zero-order chi connectivity index (χ0) is 11.4. The van der Waals surface area contributed by atoms with Gasteiger partial charge in [-0.05, 0) is 0 Å². The Balaban J connectivity index is 2.15. The van der Waals surface area contributed by atoms with Crippen LogP contribution in [0.1, 0.15) is 31.2 Å². The van der Waals surface area contributed by atoms with Gasteiger partial charge < -0.3 is 0 Å². The van der Waals surface area contributed by atoms with Crippen LogP contribution in [0.3, 0.4) is 0 Å². The predicted octanol–water partition coefficient (Wildman–Crippen LogP) is 4.08. The number of para-hydroxylation sites is 1. The van der Waals surface area contributed by atoms with Crippen LogP contribution < -0.4 is 4.74 Å². The van der Waals surface area contributed by atoms with Gasteiger partial charge in [0, 0.05) is 0 Å². The Hall–Kier alpha value is 0.0934. The van der Waals surface area contributed by atoms with E-state index < -0.39 is 13.5 Å². The molecule has 1 aliphatic rings. The summed E-state index contributed by atoms with van der Waals surface area (Å²) in [6.45, 7) is 0. The summed E-state index contributed by atoms with van der Waals surface area (Å²) in [7, 11) is 11.8. The van der Waals surface area contributed by atoms with E-state index in [1.807, 2.05) is 28.9 Å². The molecule has 4 heteroatoms. The van der Waals surface area contributed by atoms with Crippen LogP contribution in [0.5, 0.6) is 5.75 Å². The van der Waals surface area contributed by atoms with Crippen molar-refractivity contribution >= 4 is 24.0 Å². The van der Waals surface area contributed by atoms with Crippen LogP contribution in [-0.2, 0) is 13.5 Å². The summed E-state index contributed by atoms with van der Waals surface area (Å²) in [4.78, 5) is 0.